The van der Waals surface area contributed by atoms with Gasteiger partial charge in [-0.3, -0.25) is 5.10 Å². The van der Waals surface area contributed by atoms with Crippen molar-refractivity contribution in [3.63, 3.8) is 0 Å². The summed E-state index contributed by atoms with van der Waals surface area (Å²) in [6.45, 7) is 13.0. The molecule has 3 aromatic rings. The monoisotopic (exact) mass is 356 g/mol. The van der Waals surface area contributed by atoms with E-state index in [0.29, 0.717) is 5.92 Å². The molecule has 26 heavy (non-hydrogen) atoms. The first-order valence-corrected chi connectivity index (χ1v) is 9.05. The normalized spacial score (nSPS) is 13.9. The van der Waals surface area contributed by atoms with Crippen LogP contribution in [-0.4, -0.2) is 20.5 Å². The van der Waals surface area contributed by atoms with Gasteiger partial charge in [0.15, 0.2) is 0 Å². The van der Waals surface area contributed by atoms with Gasteiger partial charge in [0.25, 0.3) is 0 Å². The van der Waals surface area contributed by atoms with Gasteiger partial charge in [-0.05, 0) is 24.3 Å². The predicted octanol–water partition coefficient (Wildman–Crippen LogP) is 4.55. The van der Waals surface area contributed by atoms with E-state index >= 15 is 0 Å². The fourth-order valence-corrected chi connectivity index (χ4v) is 3.50. The lowest BCUT2D eigenvalue weighted by Crippen LogP contribution is -2.24. The summed E-state index contributed by atoms with van der Waals surface area (Å²) in [4.78, 5) is 0. The molecule has 0 aliphatic carbocycles. The van der Waals surface area contributed by atoms with Gasteiger partial charge < -0.3 is 9.05 Å². The molecular formula is C20H28N4O2. The second-order valence-corrected chi connectivity index (χ2v) is 8.82. The molecule has 140 valence electrons. The molecular weight excluding hydrogens is 328 g/mol. The van der Waals surface area contributed by atoms with E-state index in [2.05, 4.69) is 62.1 Å². The molecule has 0 aromatic carbocycles. The average molecular weight is 356 g/mol. The number of hydrogen-bond acceptors (Lipinski definition) is 5. The van der Waals surface area contributed by atoms with E-state index in [1.807, 2.05) is 18.6 Å². The van der Waals surface area contributed by atoms with Gasteiger partial charge in [-0.25, -0.2) is 0 Å². The van der Waals surface area contributed by atoms with E-state index in [4.69, 9.17) is 9.05 Å². The number of aromatic nitrogens is 4. The van der Waals surface area contributed by atoms with Crippen LogP contribution in [0.2, 0.25) is 0 Å². The molecule has 3 aromatic heterocycles. The van der Waals surface area contributed by atoms with Gasteiger partial charge in [-0.1, -0.05) is 51.9 Å². The summed E-state index contributed by atoms with van der Waals surface area (Å²) in [5, 5.41) is 15.2. The predicted molar refractivity (Wildman–Crippen MR) is 99.1 cm³/mol. The van der Waals surface area contributed by atoms with Gasteiger partial charge in [-0.15, -0.1) is 0 Å². The molecule has 0 saturated heterocycles. The van der Waals surface area contributed by atoms with Crippen molar-refractivity contribution in [1.82, 2.24) is 20.5 Å². The van der Waals surface area contributed by atoms with Crippen molar-refractivity contribution in [3.05, 3.63) is 53.0 Å². The lowest BCUT2D eigenvalue weighted by molar-refractivity contribution is 0.310. The summed E-state index contributed by atoms with van der Waals surface area (Å²) in [5.41, 5.74) is 4.17. The van der Waals surface area contributed by atoms with E-state index in [-0.39, 0.29) is 10.8 Å². The summed E-state index contributed by atoms with van der Waals surface area (Å²) < 4.78 is 11.0. The Balaban J connectivity index is 1.83. The Bertz CT molecular complexity index is 837. The molecule has 3 rings (SSSR count). The maximum Gasteiger partial charge on any atom is 0.145 e. The molecule has 0 spiro atoms. The Labute approximate surface area is 154 Å². The molecule has 6 heteroatoms. The minimum Gasteiger partial charge on any atom is -0.364 e. The van der Waals surface area contributed by atoms with Crippen molar-refractivity contribution in [1.29, 1.82) is 0 Å². The first kappa shape index (κ1) is 18.4. The van der Waals surface area contributed by atoms with Crippen molar-refractivity contribution in [2.24, 2.45) is 0 Å². The molecule has 0 aliphatic heterocycles. The number of hydrogen-bond donors (Lipinski definition) is 1. The highest BCUT2D eigenvalue weighted by molar-refractivity contribution is 5.30. The summed E-state index contributed by atoms with van der Waals surface area (Å²) in [5.74, 6) is 1.26. The number of nitrogens with one attached hydrogen (secondary N) is 1. The summed E-state index contributed by atoms with van der Waals surface area (Å²) in [6, 6.07) is 0. The van der Waals surface area contributed by atoms with Crippen molar-refractivity contribution in [2.45, 2.75) is 71.1 Å². The number of nitrogens with zero attached hydrogens (tertiary/aromatic N) is 3. The quantitative estimate of drug-likeness (QED) is 0.701. The molecule has 3 heterocycles. The van der Waals surface area contributed by atoms with Crippen LogP contribution in [0.5, 0.6) is 0 Å². The van der Waals surface area contributed by atoms with Crippen molar-refractivity contribution in [2.75, 3.05) is 0 Å². The summed E-state index contributed by atoms with van der Waals surface area (Å²) in [7, 11) is 0. The molecule has 0 aliphatic rings. The van der Waals surface area contributed by atoms with Crippen LogP contribution in [0.25, 0.3) is 0 Å². The van der Waals surface area contributed by atoms with Gasteiger partial charge >= 0.3 is 0 Å². The van der Waals surface area contributed by atoms with Gasteiger partial charge in [0, 0.05) is 28.2 Å². The third kappa shape index (κ3) is 3.74. The van der Waals surface area contributed by atoms with E-state index in [9.17, 15) is 0 Å². The van der Waals surface area contributed by atoms with Crippen LogP contribution in [0.3, 0.4) is 0 Å². The first-order chi connectivity index (χ1) is 12.2. The molecule has 1 atom stereocenters. The zero-order valence-corrected chi connectivity index (χ0v) is 16.5. The van der Waals surface area contributed by atoms with Crippen LogP contribution < -0.4 is 0 Å². The Morgan fingerprint density at radius 1 is 1.12 bits per heavy atom. The fraction of sp³-hybridized carbons (Fsp3) is 0.550. The van der Waals surface area contributed by atoms with Gasteiger partial charge in [-0.2, -0.15) is 5.10 Å². The lowest BCUT2D eigenvalue weighted by atomic mass is 9.78. The van der Waals surface area contributed by atoms with Crippen LogP contribution in [0.15, 0.2) is 33.9 Å². The Kier molecular flexibility index (Phi) is 4.78. The van der Waals surface area contributed by atoms with Crippen LogP contribution in [0.1, 0.15) is 75.6 Å². The topological polar surface area (TPSA) is 80.7 Å². The van der Waals surface area contributed by atoms with Crippen molar-refractivity contribution >= 4 is 0 Å². The standard InChI is InChI=1S/C20H28N4O2/c1-13(16-9-21-22-10-16)7-14-11-23-26-18(14)20(5,6)8-15-12-25-24-17(15)19(2,3)4/h9-13H,7-8H2,1-6H3,(H,21,22). The molecule has 0 amide bonds. The maximum absolute atomic E-state index is 5.70. The van der Waals surface area contributed by atoms with Crippen molar-refractivity contribution in [3.8, 4) is 0 Å². The van der Waals surface area contributed by atoms with Crippen LogP contribution in [0.4, 0.5) is 0 Å². The van der Waals surface area contributed by atoms with Crippen LogP contribution in [-0.2, 0) is 23.7 Å². The smallest absolute Gasteiger partial charge is 0.145 e. The Morgan fingerprint density at radius 2 is 1.88 bits per heavy atom. The van der Waals surface area contributed by atoms with E-state index < -0.39 is 0 Å². The lowest BCUT2D eigenvalue weighted by Gasteiger charge is -2.25. The molecule has 0 radical (unpaired) electrons. The van der Waals surface area contributed by atoms with Gasteiger partial charge in [0.05, 0.1) is 18.1 Å². The van der Waals surface area contributed by atoms with Crippen molar-refractivity contribution < 1.29 is 9.05 Å². The highest BCUT2D eigenvalue weighted by Gasteiger charge is 2.33. The maximum atomic E-state index is 5.70. The van der Waals surface area contributed by atoms with Crippen LogP contribution >= 0.6 is 0 Å². The van der Waals surface area contributed by atoms with Gasteiger partial charge in [0.2, 0.25) is 0 Å². The van der Waals surface area contributed by atoms with Crippen LogP contribution in [0, 0.1) is 0 Å². The third-order valence-electron chi connectivity index (χ3n) is 4.86. The zero-order chi connectivity index (χ0) is 18.9. The summed E-state index contributed by atoms with van der Waals surface area (Å²) >= 11 is 0. The minimum absolute atomic E-state index is 0.0571. The SMILES string of the molecule is CC(Cc1cnoc1C(C)(C)Cc1conc1C(C)(C)C)c1cn[nH]c1. The van der Waals surface area contributed by atoms with E-state index in [1.54, 1.807) is 6.26 Å². The molecule has 6 nitrogen and oxygen atoms in total. The number of rotatable bonds is 6. The fourth-order valence-electron chi connectivity index (χ4n) is 3.50. The van der Waals surface area contributed by atoms with E-state index in [1.165, 1.54) is 5.56 Å². The highest BCUT2D eigenvalue weighted by atomic mass is 16.5. The minimum atomic E-state index is -0.215. The first-order valence-electron chi connectivity index (χ1n) is 9.05. The molecule has 1 unspecified atom stereocenters. The zero-order valence-electron chi connectivity index (χ0n) is 16.5. The number of H-pyrrole nitrogens is 1. The Morgan fingerprint density at radius 3 is 2.54 bits per heavy atom. The average Bonchev–Trinajstić information content (AvgIpc) is 3.27. The van der Waals surface area contributed by atoms with E-state index in [0.717, 1.165) is 35.4 Å². The second-order valence-electron chi connectivity index (χ2n) is 8.82. The van der Waals surface area contributed by atoms with Gasteiger partial charge in [0.1, 0.15) is 12.0 Å². The molecule has 0 bridgehead atoms. The summed E-state index contributed by atoms with van der Waals surface area (Å²) in [6.07, 6.45) is 9.05. The third-order valence-corrected chi connectivity index (χ3v) is 4.86. The highest BCUT2D eigenvalue weighted by Crippen LogP contribution is 2.35. The molecule has 0 saturated carbocycles. The molecule has 0 fully saturated rings. The second kappa shape index (κ2) is 6.74. The largest absolute Gasteiger partial charge is 0.364 e. The molecule has 1 N–H and O–H groups in total. The number of aromatic amines is 1. The Hall–Kier alpha value is -2.37.